The second-order valence-corrected chi connectivity index (χ2v) is 4.27. The molecule has 0 radical (unpaired) electrons. The first-order valence-electron chi connectivity index (χ1n) is 5.38. The normalized spacial score (nSPS) is 17.5. The van der Waals surface area contributed by atoms with Crippen LogP contribution in [0.5, 0.6) is 0 Å². The number of hydrogen-bond acceptors (Lipinski definition) is 2. The molecule has 1 rings (SSSR count). The number of amides is 2. The molecule has 1 heterocycles. The molecule has 0 saturated carbocycles. The molecule has 0 spiro atoms. The highest BCUT2D eigenvalue weighted by molar-refractivity contribution is 5.82. The molecule has 0 aliphatic carbocycles. The van der Waals surface area contributed by atoms with Crippen LogP contribution >= 0.6 is 0 Å². The zero-order valence-electron chi connectivity index (χ0n) is 9.75. The van der Waals surface area contributed by atoms with E-state index in [0.717, 1.165) is 4.90 Å². The second-order valence-electron chi connectivity index (χ2n) is 4.27. The van der Waals surface area contributed by atoms with Gasteiger partial charge in [0.1, 0.15) is 0 Å². The third-order valence-electron chi connectivity index (χ3n) is 2.61. The molecule has 0 aromatic rings. The molecule has 0 aromatic carbocycles. The molecule has 7 heteroatoms. The van der Waals surface area contributed by atoms with Crippen molar-refractivity contribution in [2.45, 2.75) is 20.0 Å². The first-order valence-corrected chi connectivity index (χ1v) is 5.38. The van der Waals surface area contributed by atoms with Crippen molar-refractivity contribution in [2.75, 3.05) is 26.2 Å². The Balaban J connectivity index is 2.52. The highest BCUT2D eigenvalue weighted by Gasteiger charge is 2.43. The summed E-state index contributed by atoms with van der Waals surface area (Å²) in [6.45, 7) is 3.68. The van der Waals surface area contributed by atoms with E-state index >= 15 is 0 Å². The van der Waals surface area contributed by atoms with Gasteiger partial charge in [0.05, 0.1) is 0 Å². The number of alkyl halides is 3. The SMILES string of the molecule is CC(C)C(=O)N1CCN(C(=O)C(F)(F)F)CC1. The monoisotopic (exact) mass is 252 g/mol. The molecule has 0 N–H and O–H groups in total. The Labute approximate surface area is 97.4 Å². The van der Waals surface area contributed by atoms with Gasteiger partial charge in [-0.05, 0) is 0 Å². The smallest absolute Gasteiger partial charge is 0.339 e. The quantitative estimate of drug-likeness (QED) is 0.695. The molecule has 1 saturated heterocycles. The van der Waals surface area contributed by atoms with Crippen molar-refractivity contribution >= 4 is 11.8 Å². The van der Waals surface area contributed by atoms with Gasteiger partial charge in [-0.1, -0.05) is 13.8 Å². The molecule has 0 atom stereocenters. The maximum Gasteiger partial charge on any atom is 0.471 e. The molecule has 98 valence electrons. The van der Waals surface area contributed by atoms with Gasteiger partial charge in [-0.25, -0.2) is 0 Å². The number of carbonyl (C=O) groups is 2. The minimum absolute atomic E-state index is 0.0587. The minimum atomic E-state index is -4.83. The van der Waals surface area contributed by atoms with Gasteiger partial charge < -0.3 is 9.80 Å². The van der Waals surface area contributed by atoms with Crippen LogP contribution in [0.3, 0.4) is 0 Å². The third kappa shape index (κ3) is 3.34. The van der Waals surface area contributed by atoms with Gasteiger partial charge in [0.2, 0.25) is 5.91 Å². The molecule has 1 aliphatic rings. The highest BCUT2D eigenvalue weighted by atomic mass is 19.4. The van der Waals surface area contributed by atoms with Gasteiger partial charge in [-0.15, -0.1) is 0 Å². The lowest BCUT2D eigenvalue weighted by Crippen LogP contribution is -2.54. The molecule has 17 heavy (non-hydrogen) atoms. The lowest BCUT2D eigenvalue weighted by molar-refractivity contribution is -0.187. The van der Waals surface area contributed by atoms with Gasteiger partial charge in [0.25, 0.3) is 0 Å². The van der Waals surface area contributed by atoms with Crippen LogP contribution in [0.4, 0.5) is 13.2 Å². The van der Waals surface area contributed by atoms with Crippen molar-refractivity contribution in [2.24, 2.45) is 5.92 Å². The van der Waals surface area contributed by atoms with Crippen molar-refractivity contribution in [3.8, 4) is 0 Å². The Bertz CT molecular complexity index is 307. The third-order valence-corrected chi connectivity index (χ3v) is 2.61. The number of carbonyl (C=O) groups excluding carboxylic acids is 2. The summed E-state index contributed by atoms with van der Waals surface area (Å²) in [5.41, 5.74) is 0. The Hall–Kier alpha value is -1.27. The zero-order chi connectivity index (χ0) is 13.2. The Morgan fingerprint density at radius 3 is 1.76 bits per heavy atom. The van der Waals surface area contributed by atoms with Crippen LogP contribution in [0.2, 0.25) is 0 Å². The van der Waals surface area contributed by atoms with Gasteiger partial charge >= 0.3 is 12.1 Å². The number of rotatable bonds is 1. The average molecular weight is 252 g/mol. The van der Waals surface area contributed by atoms with Crippen LogP contribution < -0.4 is 0 Å². The first-order chi connectivity index (χ1) is 7.73. The maximum atomic E-state index is 12.1. The second kappa shape index (κ2) is 4.93. The number of nitrogens with zero attached hydrogens (tertiary/aromatic N) is 2. The summed E-state index contributed by atoms with van der Waals surface area (Å²) in [6.07, 6.45) is -4.83. The van der Waals surface area contributed by atoms with Crippen molar-refractivity contribution in [1.29, 1.82) is 0 Å². The lowest BCUT2D eigenvalue weighted by atomic mass is 10.1. The summed E-state index contributed by atoms with van der Waals surface area (Å²) >= 11 is 0. The fourth-order valence-corrected chi connectivity index (χ4v) is 1.67. The molecular formula is C10H15F3N2O2. The number of hydrogen-bond donors (Lipinski definition) is 0. The summed E-state index contributed by atoms with van der Waals surface area (Å²) in [5, 5.41) is 0. The topological polar surface area (TPSA) is 40.6 Å². The predicted octanol–water partition coefficient (Wildman–Crippen LogP) is 0.875. The number of halogens is 3. The summed E-state index contributed by atoms with van der Waals surface area (Å²) in [7, 11) is 0. The minimum Gasteiger partial charge on any atom is -0.339 e. The molecule has 1 fully saturated rings. The van der Waals surface area contributed by atoms with E-state index in [1.54, 1.807) is 13.8 Å². The average Bonchev–Trinajstić information content (AvgIpc) is 2.26. The van der Waals surface area contributed by atoms with Crippen LogP contribution in [0.1, 0.15) is 13.8 Å². The maximum absolute atomic E-state index is 12.1. The van der Waals surface area contributed by atoms with E-state index < -0.39 is 12.1 Å². The fourth-order valence-electron chi connectivity index (χ4n) is 1.67. The van der Waals surface area contributed by atoms with Gasteiger partial charge in [0.15, 0.2) is 0 Å². The summed E-state index contributed by atoms with van der Waals surface area (Å²) < 4.78 is 36.4. The molecule has 0 bridgehead atoms. The Morgan fingerprint density at radius 1 is 1.00 bits per heavy atom. The van der Waals surface area contributed by atoms with Gasteiger partial charge in [-0.2, -0.15) is 13.2 Å². The molecular weight excluding hydrogens is 237 g/mol. The van der Waals surface area contributed by atoms with Crippen molar-refractivity contribution in [1.82, 2.24) is 9.80 Å². The number of piperazine rings is 1. The fraction of sp³-hybridized carbons (Fsp3) is 0.800. The van der Waals surface area contributed by atoms with Crippen LogP contribution in [0, 0.1) is 5.92 Å². The Morgan fingerprint density at radius 2 is 1.41 bits per heavy atom. The lowest BCUT2D eigenvalue weighted by Gasteiger charge is -2.35. The van der Waals surface area contributed by atoms with E-state index in [4.69, 9.17) is 0 Å². The summed E-state index contributed by atoms with van der Waals surface area (Å²) in [4.78, 5) is 24.7. The van der Waals surface area contributed by atoms with Crippen LogP contribution in [0.25, 0.3) is 0 Å². The molecule has 2 amide bonds. The van der Waals surface area contributed by atoms with E-state index in [1.165, 1.54) is 4.90 Å². The van der Waals surface area contributed by atoms with E-state index in [1.807, 2.05) is 0 Å². The summed E-state index contributed by atoms with van der Waals surface area (Å²) in [6, 6.07) is 0. The predicted molar refractivity (Wildman–Crippen MR) is 54.1 cm³/mol. The van der Waals surface area contributed by atoms with Gasteiger partial charge in [0, 0.05) is 32.1 Å². The van der Waals surface area contributed by atoms with E-state index in [0.29, 0.717) is 0 Å². The molecule has 4 nitrogen and oxygen atoms in total. The van der Waals surface area contributed by atoms with Crippen molar-refractivity contribution < 1.29 is 22.8 Å². The standard InChI is InChI=1S/C10H15F3N2O2/c1-7(2)8(16)14-3-5-15(6-4-14)9(17)10(11,12)13/h7H,3-6H2,1-2H3. The summed E-state index contributed by atoms with van der Waals surface area (Å²) in [5.74, 6) is -2.10. The first kappa shape index (κ1) is 13.8. The Kier molecular flexibility index (Phi) is 4.00. The molecule has 0 aromatic heterocycles. The van der Waals surface area contributed by atoms with Crippen LogP contribution in [-0.4, -0.2) is 54.0 Å². The van der Waals surface area contributed by atoms with E-state index in [2.05, 4.69) is 0 Å². The van der Waals surface area contributed by atoms with Crippen LogP contribution in [0.15, 0.2) is 0 Å². The zero-order valence-corrected chi connectivity index (χ0v) is 9.75. The van der Waals surface area contributed by atoms with E-state index in [9.17, 15) is 22.8 Å². The van der Waals surface area contributed by atoms with Crippen molar-refractivity contribution in [3.63, 3.8) is 0 Å². The largest absolute Gasteiger partial charge is 0.471 e. The van der Waals surface area contributed by atoms with Gasteiger partial charge in [-0.3, -0.25) is 9.59 Å². The van der Waals surface area contributed by atoms with E-state index in [-0.39, 0.29) is 38.0 Å². The van der Waals surface area contributed by atoms with Crippen molar-refractivity contribution in [3.05, 3.63) is 0 Å². The highest BCUT2D eigenvalue weighted by Crippen LogP contribution is 2.19. The molecule has 1 aliphatic heterocycles. The van der Waals surface area contributed by atoms with Crippen LogP contribution in [-0.2, 0) is 9.59 Å². The molecule has 0 unspecified atom stereocenters.